The molecule has 1 saturated heterocycles. The maximum Gasteiger partial charge on any atom is 0.300 e. The number of anilines is 1. The highest BCUT2D eigenvalue weighted by molar-refractivity contribution is 6.51. The number of hydrogen-bond acceptors (Lipinski definition) is 5. The van der Waals surface area contributed by atoms with E-state index in [4.69, 9.17) is 4.74 Å². The van der Waals surface area contributed by atoms with E-state index in [2.05, 4.69) is 0 Å². The van der Waals surface area contributed by atoms with Gasteiger partial charge in [0.25, 0.3) is 11.7 Å². The molecule has 0 aromatic heterocycles. The zero-order chi connectivity index (χ0) is 22.1. The van der Waals surface area contributed by atoms with E-state index < -0.39 is 17.7 Å². The maximum absolute atomic E-state index is 13.1. The largest absolute Gasteiger partial charge is 0.508 e. The number of phenolic OH excluding ortho intramolecular Hbond substituents is 1. The Bertz CT molecular complexity index is 1180. The van der Waals surface area contributed by atoms with Crippen LogP contribution >= 0.6 is 0 Å². The Labute approximate surface area is 179 Å². The summed E-state index contributed by atoms with van der Waals surface area (Å²) in [4.78, 5) is 27.5. The van der Waals surface area contributed by atoms with Gasteiger partial charge in [-0.3, -0.25) is 14.5 Å². The summed E-state index contributed by atoms with van der Waals surface area (Å²) in [5.41, 5.74) is 2.38. The fraction of sp³-hybridized carbons (Fsp3) is 0.120. The number of aryl methyl sites for hydroxylation is 1. The molecule has 3 aromatic rings. The Kier molecular flexibility index (Phi) is 5.21. The summed E-state index contributed by atoms with van der Waals surface area (Å²) >= 11 is 0. The Morgan fingerprint density at radius 1 is 0.968 bits per heavy atom. The molecule has 2 N–H and O–H groups in total. The van der Waals surface area contributed by atoms with Gasteiger partial charge < -0.3 is 14.9 Å². The number of carbonyl (C=O) groups is 2. The Morgan fingerprint density at radius 3 is 2.26 bits per heavy atom. The lowest BCUT2D eigenvalue weighted by Gasteiger charge is -2.25. The molecular weight excluding hydrogens is 394 g/mol. The molecule has 3 aromatic carbocycles. The molecular formula is C25H21NO5. The van der Waals surface area contributed by atoms with Crippen molar-refractivity contribution in [3.8, 4) is 11.5 Å². The lowest BCUT2D eigenvalue weighted by atomic mass is 9.94. The number of aliphatic hydroxyl groups excluding tert-OH is 1. The first-order valence-corrected chi connectivity index (χ1v) is 9.71. The second-order valence-electron chi connectivity index (χ2n) is 7.33. The number of ether oxygens (including phenoxy) is 1. The van der Waals surface area contributed by atoms with Gasteiger partial charge in [-0.05, 0) is 48.9 Å². The van der Waals surface area contributed by atoms with Crippen molar-refractivity contribution in [1.29, 1.82) is 0 Å². The van der Waals surface area contributed by atoms with Crippen LogP contribution in [-0.4, -0.2) is 29.0 Å². The molecule has 1 fully saturated rings. The Morgan fingerprint density at radius 2 is 1.65 bits per heavy atom. The number of aromatic hydroxyl groups is 1. The van der Waals surface area contributed by atoms with E-state index in [0.29, 0.717) is 22.6 Å². The average molecular weight is 415 g/mol. The molecule has 1 unspecified atom stereocenters. The molecule has 1 aliphatic rings. The standard InChI is InChI=1S/C25H21NO5/c1-15-6-8-16(9-7-15)23(28)21-22(17-4-3-5-19(27)14-17)26(25(30)24(21)29)18-10-12-20(31-2)13-11-18/h3-14,22,27-28H,1-2H3/b23-21-. The topological polar surface area (TPSA) is 87.1 Å². The van der Waals surface area contributed by atoms with Gasteiger partial charge in [0.15, 0.2) is 0 Å². The first-order valence-electron chi connectivity index (χ1n) is 9.71. The van der Waals surface area contributed by atoms with Gasteiger partial charge in [-0.2, -0.15) is 0 Å². The number of hydrogen-bond donors (Lipinski definition) is 2. The molecule has 4 rings (SSSR count). The summed E-state index contributed by atoms with van der Waals surface area (Å²) in [6.07, 6.45) is 0. The van der Waals surface area contributed by atoms with Crippen molar-refractivity contribution in [3.63, 3.8) is 0 Å². The van der Waals surface area contributed by atoms with Crippen LogP contribution in [0.5, 0.6) is 11.5 Å². The molecule has 31 heavy (non-hydrogen) atoms. The summed E-state index contributed by atoms with van der Waals surface area (Å²) in [7, 11) is 1.54. The third-order valence-electron chi connectivity index (χ3n) is 5.31. The van der Waals surface area contributed by atoms with Crippen LogP contribution in [0.1, 0.15) is 22.7 Å². The van der Waals surface area contributed by atoms with Gasteiger partial charge in [0, 0.05) is 11.3 Å². The smallest absolute Gasteiger partial charge is 0.300 e. The number of rotatable bonds is 4. The van der Waals surface area contributed by atoms with Crippen molar-refractivity contribution in [2.75, 3.05) is 12.0 Å². The summed E-state index contributed by atoms with van der Waals surface area (Å²) in [6, 6.07) is 19.2. The highest BCUT2D eigenvalue weighted by Crippen LogP contribution is 2.43. The SMILES string of the molecule is COc1ccc(N2C(=O)C(=O)/C(=C(\O)c3ccc(C)cc3)C2c2cccc(O)c2)cc1. The summed E-state index contributed by atoms with van der Waals surface area (Å²) in [6.45, 7) is 1.92. The molecule has 1 aliphatic heterocycles. The first-order chi connectivity index (χ1) is 14.9. The van der Waals surface area contributed by atoms with Crippen LogP contribution < -0.4 is 9.64 Å². The highest BCUT2D eigenvalue weighted by atomic mass is 16.5. The number of phenols is 1. The summed E-state index contributed by atoms with van der Waals surface area (Å²) in [5, 5.41) is 21.1. The average Bonchev–Trinajstić information content (AvgIpc) is 3.04. The van der Waals surface area contributed by atoms with Crippen LogP contribution in [0.25, 0.3) is 5.76 Å². The zero-order valence-corrected chi connectivity index (χ0v) is 17.1. The van der Waals surface area contributed by atoms with Crippen molar-refractivity contribution >= 4 is 23.1 Å². The Balaban J connectivity index is 1.92. The van der Waals surface area contributed by atoms with Crippen LogP contribution in [0.4, 0.5) is 5.69 Å². The second kappa shape index (κ2) is 7.99. The van der Waals surface area contributed by atoms with Crippen LogP contribution in [-0.2, 0) is 9.59 Å². The van der Waals surface area contributed by atoms with E-state index in [0.717, 1.165) is 5.56 Å². The van der Waals surface area contributed by atoms with Crippen molar-refractivity contribution in [1.82, 2.24) is 0 Å². The minimum atomic E-state index is -0.901. The van der Waals surface area contributed by atoms with Gasteiger partial charge in [-0.25, -0.2) is 0 Å². The van der Waals surface area contributed by atoms with E-state index >= 15 is 0 Å². The number of amides is 1. The number of methoxy groups -OCH3 is 1. The van der Waals surface area contributed by atoms with Crippen molar-refractivity contribution < 1.29 is 24.5 Å². The van der Waals surface area contributed by atoms with Crippen molar-refractivity contribution in [2.45, 2.75) is 13.0 Å². The molecule has 0 saturated carbocycles. The van der Waals surface area contributed by atoms with Crippen LogP contribution in [0, 0.1) is 6.92 Å². The summed E-state index contributed by atoms with van der Waals surface area (Å²) in [5.74, 6) is -1.21. The molecule has 6 nitrogen and oxygen atoms in total. The third-order valence-corrected chi connectivity index (χ3v) is 5.31. The fourth-order valence-electron chi connectivity index (χ4n) is 3.72. The molecule has 1 atom stereocenters. The van der Waals surface area contributed by atoms with Crippen LogP contribution in [0.3, 0.4) is 0 Å². The van der Waals surface area contributed by atoms with Gasteiger partial charge in [-0.15, -0.1) is 0 Å². The van der Waals surface area contributed by atoms with E-state index in [1.165, 1.54) is 24.1 Å². The van der Waals surface area contributed by atoms with E-state index in [1.807, 2.05) is 19.1 Å². The molecule has 0 bridgehead atoms. The molecule has 1 amide bonds. The molecule has 1 heterocycles. The van der Waals surface area contributed by atoms with Crippen LogP contribution in [0.15, 0.2) is 78.4 Å². The van der Waals surface area contributed by atoms with E-state index in [1.54, 1.807) is 48.5 Å². The lowest BCUT2D eigenvalue weighted by molar-refractivity contribution is -0.132. The molecule has 6 heteroatoms. The predicted molar refractivity (Wildman–Crippen MR) is 117 cm³/mol. The minimum absolute atomic E-state index is 0.00634. The van der Waals surface area contributed by atoms with Gasteiger partial charge in [0.1, 0.15) is 17.3 Å². The predicted octanol–water partition coefficient (Wildman–Crippen LogP) is 4.34. The number of carbonyl (C=O) groups excluding carboxylic acids is 2. The Hall–Kier alpha value is -4.06. The van der Waals surface area contributed by atoms with Crippen LogP contribution in [0.2, 0.25) is 0 Å². The quantitative estimate of drug-likeness (QED) is 0.376. The lowest BCUT2D eigenvalue weighted by Crippen LogP contribution is -2.29. The maximum atomic E-state index is 13.1. The van der Waals surface area contributed by atoms with E-state index in [-0.39, 0.29) is 17.1 Å². The first kappa shape index (κ1) is 20.2. The fourth-order valence-corrected chi connectivity index (χ4v) is 3.72. The molecule has 0 radical (unpaired) electrons. The van der Waals surface area contributed by atoms with Gasteiger partial charge in [-0.1, -0.05) is 42.0 Å². The second-order valence-corrected chi connectivity index (χ2v) is 7.33. The highest BCUT2D eigenvalue weighted by Gasteiger charge is 2.47. The molecule has 0 aliphatic carbocycles. The summed E-state index contributed by atoms with van der Waals surface area (Å²) < 4.78 is 5.18. The van der Waals surface area contributed by atoms with Crippen molar-refractivity contribution in [3.05, 3.63) is 95.1 Å². The van der Waals surface area contributed by atoms with Gasteiger partial charge in [0.05, 0.1) is 18.7 Å². The third kappa shape index (κ3) is 3.64. The number of ketones is 1. The molecule has 0 spiro atoms. The normalized spacial score (nSPS) is 17.7. The number of Topliss-reactive ketones (excluding diaryl/α,β-unsaturated/α-hetero) is 1. The van der Waals surface area contributed by atoms with Gasteiger partial charge >= 0.3 is 0 Å². The number of aliphatic hydroxyl groups is 1. The monoisotopic (exact) mass is 415 g/mol. The van der Waals surface area contributed by atoms with Crippen molar-refractivity contribution in [2.24, 2.45) is 0 Å². The molecule has 156 valence electrons. The zero-order valence-electron chi connectivity index (χ0n) is 17.1. The van der Waals surface area contributed by atoms with Gasteiger partial charge in [0.2, 0.25) is 0 Å². The number of nitrogens with zero attached hydrogens (tertiary/aromatic N) is 1. The minimum Gasteiger partial charge on any atom is -0.508 e. The van der Waals surface area contributed by atoms with E-state index in [9.17, 15) is 19.8 Å². The number of benzene rings is 3.